The molecule has 142 valence electrons. The summed E-state index contributed by atoms with van der Waals surface area (Å²) < 4.78 is 0. The molecule has 0 saturated carbocycles. The van der Waals surface area contributed by atoms with Crippen LogP contribution in [0.4, 0.5) is 17.3 Å². The van der Waals surface area contributed by atoms with E-state index in [1.165, 1.54) is 0 Å². The van der Waals surface area contributed by atoms with Crippen LogP contribution in [0.2, 0.25) is 5.02 Å². The van der Waals surface area contributed by atoms with Gasteiger partial charge in [-0.3, -0.25) is 4.79 Å². The van der Waals surface area contributed by atoms with Gasteiger partial charge in [0.05, 0.1) is 11.9 Å². The van der Waals surface area contributed by atoms with Crippen LogP contribution >= 0.6 is 11.6 Å². The van der Waals surface area contributed by atoms with E-state index in [2.05, 4.69) is 30.1 Å². The number of aromatic nitrogens is 3. The highest BCUT2D eigenvalue weighted by Gasteiger charge is 2.19. The van der Waals surface area contributed by atoms with Crippen LogP contribution in [-0.4, -0.2) is 47.0 Å². The standard InChI is InChI=1S/C20H19ClN6O/c21-15-3-1-4-16(13-15)25-19(28)18-6-5-17(14-24-18)26-9-11-27(12-10-26)20-22-7-2-8-23-20/h1-8,13-14H,9-12H2,(H,25,28). The molecule has 1 aliphatic rings. The zero-order valence-electron chi connectivity index (χ0n) is 15.1. The average Bonchev–Trinajstić information content (AvgIpc) is 2.75. The highest BCUT2D eigenvalue weighted by molar-refractivity contribution is 6.30. The molecule has 0 atom stereocenters. The number of carbonyl (C=O) groups is 1. The number of pyridine rings is 1. The Morgan fingerprint density at radius 3 is 2.36 bits per heavy atom. The van der Waals surface area contributed by atoms with Gasteiger partial charge < -0.3 is 15.1 Å². The predicted molar refractivity (Wildman–Crippen MR) is 110 cm³/mol. The summed E-state index contributed by atoms with van der Waals surface area (Å²) in [6.07, 6.45) is 5.25. The Hall–Kier alpha value is -3.19. The van der Waals surface area contributed by atoms with E-state index in [0.29, 0.717) is 16.4 Å². The molecule has 0 bridgehead atoms. The van der Waals surface area contributed by atoms with Crippen LogP contribution in [0, 0.1) is 0 Å². The van der Waals surface area contributed by atoms with Gasteiger partial charge in [0, 0.05) is 49.3 Å². The molecule has 0 unspecified atom stereocenters. The Morgan fingerprint density at radius 1 is 0.929 bits per heavy atom. The van der Waals surface area contributed by atoms with Crippen molar-refractivity contribution in [1.82, 2.24) is 15.0 Å². The van der Waals surface area contributed by atoms with Gasteiger partial charge in [0.1, 0.15) is 5.69 Å². The number of benzene rings is 1. The molecule has 4 rings (SSSR count). The number of amides is 1. The summed E-state index contributed by atoms with van der Waals surface area (Å²) in [5.41, 5.74) is 2.00. The van der Waals surface area contributed by atoms with Gasteiger partial charge in [0.25, 0.3) is 5.91 Å². The number of carbonyl (C=O) groups excluding carboxylic acids is 1. The van der Waals surface area contributed by atoms with Crippen molar-refractivity contribution in [2.45, 2.75) is 0 Å². The second kappa shape index (κ2) is 8.22. The molecule has 8 heteroatoms. The van der Waals surface area contributed by atoms with Gasteiger partial charge >= 0.3 is 0 Å². The third kappa shape index (κ3) is 4.20. The number of hydrogen-bond donors (Lipinski definition) is 1. The monoisotopic (exact) mass is 394 g/mol. The van der Waals surface area contributed by atoms with Crippen molar-refractivity contribution in [2.24, 2.45) is 0 Å². The molecule has 1 N–H and O–H groups in total. The van der Waals surface area contributed by atoms with Gasteiger partial charge in [-0.05, 0) is 36.4 Å². The van der Waals surface area contributed by atoms with Crippen molar-refractivity contribution in [3.63, 3.8) is 0 Å². The summed E-state index contributed by atoms with van der Waals surface area (Å²) in [5.74, 6) is 0.494. The van der Waals surface area contributed by atoms with Crippen molar-refractivity contribution in [3.8, 4) is 0 Å². The second-order valence-electron chi connectivity index (χ2n) is 6.39. The van der Waals surface area contributed by atoms with E-state index in [-0.39, 0.29) is 5.91 Å². The van der Waals surface area contributed by atoms with Crippen molar-refractivity contribution in [1.29, 1.82) is 0 Å². The molecule has 1 saturated heterocycles. The van der Waals surface area contributed by atoms with E-state index in [1.54, 1.807) is 48.9 Å². The maximum atomic E-state index is 12.4. The van der Waals surface area contributed by atoms with E-state index in [4.69, 9.17) is 11.6 Å². The number of piperazine rings is 1. The summed E-state index contributed by atoms with van der Waals surface area (Å²) >= 11 is 5.95. The lowest BCUT2D eigenvalue weighted by molar-refractivity contribution is 0.102. The van der Waals surface area contributed by atoms with E-state index < -0.39 is 0 Å². The van der Waals surface area contributed by atoms with Gasteiger partial charge in [-0.1, -0.05) is 17.7 Å². The third-order valence-electron chi connectivity index (χ3n) is 4.54. The minimum Gasteiger partial charge on any atom is -0.367 e. The van der Waals surface area contributed by atoms with Crippen LogP contribution in [0.15, 0.2) is 61.1 Å². The number of anilines is 3. The predicted octanol–water partition coefficient (Wildman–Crippen LogP) is 3.10. The number of hydrogen-bond acceptors (Lipinski definition) is 6. The lowest BCUT2D eigenvalue weighted by Gasteiger charge is -2.35. The second-order valence-corrected chi connectivity index (χ2v) is 6.83. The summed E-state index contributed by atoms with van der Waals surface area (Å²) in [6, 6.07) is 12.5. The fourth-order valence-corrected chi connectivity index (χ4v) is 3.28. The smallest absolute Gasteiger partial charge is 0.274 e. The summed E-state index contributed by atoms with van der Waals surface area (Å²) in [4.78, 5) is 29.7. The Labute approximate surface area is 168 Å². The minimum atomic E-state index is -0.264. The third-order valence-corrected chi connectivity index (χ3v) is 4.78. The molecule has 0 radical (unpaired) electrons. The maximum absolute atomic E-state index is 12.4. The van der Waals surface area contributed by atoms with Gasteiger partial charge in [-0.2, -0.15) is 0 Å². The van der Waals surface area contributed by atoms with Crippen molar-refractivity contribution < 1.29 is 4.79 Å². The van der Waals surface area contributed by atoms with E-state index in [9.17, 15) is 4.79 Å². The first kappa shape index (κ1) is 18.2. The highest BCUT2D eigenvalue weighted by atomic mass is 35.5. The molecule has 1 aliphatic heterocycles. The largest absolute Gasteiger partial charge is 0.367 e. The van der Waals surface area contributed by atoms with Crippen LogP contribution in [-0.2, 0) is 0 Å². The molecule has 1 fully saturated rings. The molecule has 28 heavy (non-hydrogen) atoms. The lowest BCUT2D eigenvalue weighted by atomic mass is 10.2. The van der Waals surface area contributed by atoms with E-state index >= 15 is 0 Å². The van der Waals surface area contributed by atoms with E-state index in [1.807, 2.05) is 12.1 Å². The number of rotatable bonds is 4. The van der Waals surface area contributed by atoms with Crippen LogP contribution in [0.25, 0.3) is 0 Å². The molecule has 2 aromatic heterocycles. The molecule has 0 aliphatic carbocycles. The first-order valence-corrected chi connectivity index (χ1v) is 9.37. The minimum absolute atomic E-state index is 0.264. The molecule has 0 spiro atoms. The fraction of sp³-hybridized carbons (Fsp3) is 0.200. The zero-order valence-corrected chi connectivity index (χ0v) is 15.9. The van der Waals surface area contributed by atoms with Gasteiger partial charge in [-0.15, -0.1) is 0 Å². The first-order chi connectivity index (χ1) is 13.7. The van der Waals surface area contributed by atoms with E-state index in [0.717, 1.165) is 37.8 Å². The fourth-order valence-electron chi connectivity index (χ4n) is 3.09. The SMILES string of the molecule is O=C(Nc1cccc(Cl)c1)c1ccc(N2CCN(c3ncccn3)CC2)cn1. The number of nitrogens with zero attached hydrogens (tertiary/aromatic N) is 5. The lowest BCUT2D eigenvalue weighted by Crippen LogP contribution is -2.47. The molecule has 3 heterocycles. The number of nitrogens with one attached hydrogen (secondary N) is 1. The van der Waals surface area contributed by atoms with Gasteiger partial charge in [-0.25, -0.2) is 15.0 Å². The topological polar surface area (TPSA) is 74.2 Å². The molecular weight excluding hydrogens is 376 g/mol. The van der Waals surface area contributed by atoms with Gasteiger partial charge in [0.15, 0.2) is 0 Å². The molecule has 1 amide bonds. The highest BCUT2D eigenvalue weighted by Crippen LogP contribution is 2.19. The maximum Gasteiger partial charge on any atom is 0.274 e. The normalized spacial score (nSPS) is 14.0. The molecule has 1 aromatic carbocycles. The molecular formula is C20H19ClN6O. The van der Waals surface area contributed by atoms with Crippen LogP contribution in [0.5, 0.6) is 0 Å². The first-order valence-electron chi connectivity index (χ1n) is 8.99. The Bertz CT molecular complexity index is 942. The Morgan fingerprint density at radius 2 is 1.68 bits per heavy atom. The van der Waals surface area contributed by atoms with Crippen molar-refractivity contribution in [3.05, 3.63) is 71.8 Å². The van der Waals surface area contributed by atoms with Gasteiger partial charge in [0.2, 0.25) is 5.95 Å². The molecule has 7 nitrogen and oxygen atoms in total. The van der Waals surface area contributed by atoms with Crippen LogP contribution in [0.3, 0.4) is 0 Å². The van der Waals surface area contributed by atoms with Crippen LogP contribution in [0.1, 0.15) is 10.5 Å². The molecule has 3 aromatic rings. The Balaban J connectivity index is 1.36. The Kier molecular flexibility index (Phi) is 5.34. The van der Waals surface area contributed by atoms with Crippen molar-refractivity contribution >= 4 is 34.8 Å². The zero-order chi connectivity index (χ0) is 19.3. The van der Waals surface area contributed by atoms with Crippen LogP contribution < -0.4 is 15.1 Å². The summed E-state index contributed by atoms with van der Waals surface area (Å²) in [5, 5.41) is 3.37. The quantitative estimate of drug-likeness (QED) is 0.733. The summed E-state index contributed by atoms with van der Waals surface area (Å²) in [7, 11) is 0. The average molecular weight is 395 g/mol. The van der Waals surface area contributed by atoms with Crippen molar-refractivity contribution in [2.75, 3.05) is 41.3 Å². The number of halogens is 1. The summed E-state index contributed by atoms with van der Waals surface area (Å²) in [6.45, 7) is 3.35.